The van der Waals surface area contributed by atoms with E-state index in [0.717, 1.165) is 52.8 Å². The molecule has 0 amide bonds. The molecule has 0 spiro atoms. The fourth-order valence-electron chi connectivity index (χ4n) is 3.78. The molecule has 3 aromatic heterocycles. The number of hydrogen-bond acceptors (Lipinski definition) is 7. The second kappa shape index (κ2) is 8.37. The van der Waals surface area contributed by atoms with E-state index < -0.39 is 46.6 Å². The van der Waals surface area contributed by atoms with Gasteiger partial charge in [0, 0.05) is 18.2 Å². The molecule has 4 aromatic rings. The van der Waals surface area contributed by atoms with Crippen molar-refractivity contribution in [3.8, 4) is 5.69 Å². The fraction of sp³-hybridized carbons (Fsp3) is 0.333. The molecule has 1 atom stereocenters. The van der Waals surface area contributed by atoms with Crippen LogP contribution in [0.5, 0.6) is 0 Å². The minimum Gasteiger partial charge on any atom is -0.377 e. The van der Waals surface area contributed by atoms with Crippen LogP contribution in [0.4, 0.5) is 17.6 Å². The maximum absolute atomic E-state index is 15.8. The zero-order chi connectivity index (χ0) is 24.8. The van der Waals surface area contributed by atoms with Crippen LogP contribution in [0.2, 0.25) is 0 Å². The molecule has 0 radical (unpaired) electrons. The van der Waals surface area contributed by atoms with Crippen LogP contribution in [0.3, 0.4) is 0 Å². The molecule has 1 N–H and O–H groups in total. The number of rotatable bonds is 8. The number of tetrazole rings is 1. The number of pyridine rings is 1. The van der Waals surface area contributed by atoms with E-state index in [1.54, 1.807) is 0 Å². The Hall–Kier alpha value is -3.94. The van der Waals surface area contributed by atoms with Crippen molar-refractivity contribution in [2.75, 3.05) is 0 Å². The summed E-state index contributed by atoms with van der Waals surface area (Å²) in [6.45, 7) is -0.491. The minimum atomic E-state index is -4.20. The van der Waals surface area contributed by atoms with Crippen molar-refractivity contribution in [1.82, 2.24) is 39.5 Å². The average Bonchev–Trinajstić information content (AvgIpc) is 3.36. The number of alkyl halides is 2. The maximum Gasteiger partial charge on any atom is 0.350 e. The standard InChI is InChI=1S/C21H18F4N8O2/c22-14-3-5-16(17(23)7-14)20(35,10-31-11-27-29-30-31)21(24,25)18-6-4-15(8-26-18)32-12-28-33(19(32)34)9-13-1-2-13/h3-8,11-13,35H,1-2,9-10H2. The highest BCUT2D eigenvalue weighted by molar-refractivity contribution is 5.34. The molecule has 1 saturated carbocycles. The molecular weight excluding hydrogens is 472 g/mol. The van der Waals surface area contributed by atoms with Gasteiger partial charge in [-0.2, -0.15) is 13.9 Å². The van der Waals surface area contributed by atoms with Gasteiger partial charge < -0.3 is 5.11 Å². The van der Waals surface area contributed by atoms with Crippen LogP contribution in [0.25, 0.3) is 5.69 Å². The van der Waals surface area contributed by atoms with E-state index in [2.05, 4.69) is 25.6 Å². The summed E-state index contributed by atoms with van der Waals surface area (Å²) in [5, 5.41) is 25.4. The van der Waals surface area contributed by atoms with Gasteiger partial charge in [-0.15, -0.1) is 5.10 Å². The summed E-state index contributed by atoms with van der Waals surface area (Å²) < 4.78 is 62.9. The van der Waals surface area contributed by atoms with Crippen LogP contribution < -0.4 is 5.69 Å². The zero-order valence-electron chi connectivity index (χ0n) is 18.0. The zero-order valence-corrected chi connectivity index (χ0v) is 18.0. The van der Waals surface area contributed by atoms with Gasteiger partial charge in [-0.05, 0) is 53.5 Å². The van der Waals surface area contributed by atoms with Gasteiger partial charge in [0.05, 0.1) is 18.4 Å². The van der Waals surface area contributed by atoms with Crippen LogP contribution >= 0.6 is 0 Å². The largest absolute Gasteiger partial charge is 0.377 e. The van der Waals surface area contributed by atoms with E-state index in [1.807, 2.05) is 0 Å². The highest BCUT2D eigenvalue weighted by atomic mass is 19.3. The molecule has 0 aliphatic heterocycles. The van der Waals surface area contributed by atoms with Crippen molar-refractivity contribution in [1.29, 1.82) is 0 Å². The summed E-state index contributed by atoms with van der Waals surface area (Å²) in [4.78, 5) is 16.3. The van der Waals surface area contributed by atoms with Crippen LogP contribution in [0, 0.1) is 17.6 Å². The third kappa shape index (κ3) is 4.09. The first-order chi connectivity index (χ1) is 16.7. The van der Waals surface area contributed by atoms with E-state index in [1.165, 1.54) is 17.1 Å². The highest BCUT2D eigenvalue weighted by Gasteiger charge is 2.58. The molecule has 1 aliphatic carbocycles. The van der Waals surface area contributed by atoms with Crippen LogP contribution in [0.15, 0.2) is 54.0 Å². The fourth-order valence-corrected chi connectivity index (χ4v) is 3.78. The molecule has 1 fully saturated rings. The molecule has 1 aromatic carbocycles. The predicted molar refractivity (Wildman–Crippen MR) is 110 cm³/mol. The summed E-state index contributed by atoms with van der Waals surface area (Å²) in [7, 11) is 0. The van der Waals surface area contributed by atoms with Crippen molar-refractivity contribution >= 4 is 0 Å². The Balaban J connectivity index is 1.52. The van der Waals surface area contributed by atoms with E-state index in [-0.39, 0.29) is 5.69 Å². The third-order valence-corrected chi connectivity index (χ3v) is 5.89. The molecule has 0 bridgehead atoms. The normalized spacial score (nSPS) is 15.8. The lowest BCUT2D eigenvalue weighted by Crippen LogP contribution is -2.48. The van der Waals surface area contributed by atoms with Crippen molar-refractivity contribution in [3.05, 3.63) is 82.6 Å². The number of nitrogens with zero attached hydrogens (tertiary/aromatic N) is 8. The number of aliphatic hydroxyl groups is 1. The number of hydrogen-bond donors (Lipinski definition) is 1. The lowest BCUT2D eigenvalue weighted by molar-refractivity contribution is -0.207. The Labute approximate surface area is 194 Å². The maximum atomic E-state index is 15.8. The first kappa shape index (κ1) is 22.8. The molecule has 10 nitrogen and oxygen atoms in total. The lowest BCUT2D eigenvalue weighted by Gasteiger charge is -2.35. The first-order valence-electron chi connectivity index (χ1n) is 10.6. The molecular formula is C21H18F4N8O2. The van der Waals surface area contributed by atoms with Crippen LogP contribution in [0.1, 0.15) is 24.1 Å². The van der Waals surface area contributed by atoms with Gasteiger partial charge in [0.1, 0.15) is 30.0 Å². The van der Waals surface area contributed by atoms with Gasteiger partial charge >= 0.3 is 11.6 Å². The number of halogens is 4. The predicted octanol–water partition coefficient (Wildman–Crippen LogP) is 1.78. The van der Waals surface area contributed by atoms with E-state index in [9.17, 15) is 18.7 Å². The Kier molecular flexibility index (Phi) is 5.46. The molecule has 0 saturated heterocycles. The van der Waals surface area contributed by atoms with E-state index >= 15 is 8.78 Å². The van der Waals surface area contributed by atoms with Crippen LogP contribution in [-0.2, 0) is 24.6 Å². The Morgan fingerprint density at radius 3 is 2.54 bits per heavy atom. The third-order valence-electron chi connectivity index (χ3n) is 5.89. The Morgan fingerprint density at radius 2 is 1.91 bits per heavy atom. The average molecular weight is 490 g/mol. The van der Waals surface area contributed by atoms with Gasteiger partial charge in [-0.1, -0.05) is 0 Å². The summed E-state index contributed by atoms with van der Waals surface area (Å²) in [6.07, 6.45) is 5.29. The molecule has 3 heterocycles. The summed E-state index contributed by atoms with van der Waals surface area (Å²) in [5.41, 5.74) is -5.31. The SMILES string of the molecule is O=c1n(-c2ccc(C(F)(F)C(O)(Cn3cnnn3)c3ccc(F)cc3F)nc2)cnn1CC1CC1. The monoisotopic (exact) mass is 490 g/mol. The van der Waals surface area contributed by atoms with Crippen molar-refractivity contribution in [3.63, 3.8) is 0 Å². The van der Waals surface area contributed by atoms with Crippen molar-refractivity contribution < 1.29 is 22.7 Å². The smallest absolute Gasteiger partial charge is 0.350 e. The lowest BCUT2D eigenvalue weighted by atomic mass is 9.84. The number of aromatic nitrogens is 8. The second-order valence-corrected chi connectivity index (χ2v) is 8.38. The Morgan fingerprint density at radius 1 is 1.11 bits per heavy atom. The molecule has 182 valence electrons. The van der Waals surface area contributed by atoms with Gasteiger partial charge in [-0.25, -0.2) is 27.5 Å². The Bertz CT molecular complexity index is 1400. The molecule has 14 heteroatoms. The van der Waals surface area contributed by atoms with Crippen LogP contribution in [-0.4, -0.2) is 44.6 Å². The molecule has 35 heavy (non-hydrogen) atoms. The van der Waals surface area contributed by atoms with Gasteiger partial charge in [0.2, 0.25) is 0 Å². The minimum absolute atomic E-state index is 0.175. The number of benzene rings is 1. The van der Waals surface area contributed by atoms with E-state index in [4.69, 9.17) is 0 Å². The summed E-state index contributed by atoms with van der Waals surface area (Å²) in [5.74, 6) is -6.18. The van der Waals surface area contributed by atoms with Gasteiger partial charge in [0.25, 0.3) is 0 Å². The molecule has 1 aliphatic rings. The van der Waals surface area contributed by atoms with E-state index in [0.29, 0.717) is 18.5 Å². The molecule has 5 rings (SSSR count). The quantitative estimate of drug-likeness (QED) is 0.374. The highest BCUT2D eigenvalue weighted by Crippen LogP contribution is 2.46. The first-order valence-corrected chi connectivity index (χ1v) is 10.6. The topological polar surface area (TPSA) is 117 Å². The molecule has 1 unspecified atom stereocenters. The van der Waals surface area contributed by atoms with Crippen molar-refractivity contribution in [2.24, 2.45) is 5.92 Å². The summed E-state index contributed by atoms with van der Waals surface area (Å²) >= 11 is 0. The summed E-state index contributed by atoms with van der Waals surface area (Å²) in [6, 6.07) is 3.98. The van der Waals surface area contributed by atoms with Crippen molar-refractivity contribution in [2.45, 2.75) is 37.5 Å². The van der Waals surface area contributed by atoms with Gasteiger partial charge in [0.15, 0.2) is 5.60 Å². The van der Waals surface area contributed by atoms with Gasteiger partial charge in [-0.3, -0.25) is 4.98 Å². The second-order valence-electron chi connectivity index (χ2n) is 8.38.